The molecule has 0 radical (unpaired) electrons. The summed E-state index contributed by atoms with van der Waals surface area (Å²) in [5.74, 6) is -0.334. The molecular formula is C22H31N3O2S. The molecule has 6 heteroatoms. The number of amides is 1. The molecule has 0 saturated carbocycles. The second kappa shape index (κ2) is 7.93. The molecule has 152 valence electrons. The fourth-order valence-electron chi connectivity index (χ4n) is 3.81. The SMILES string of the molecule is CC1(C)CCC(C)(C)c2cc(-c3csc(CCNC(=O)[C@@H](N)CO)n3)ccc21. The van der Waals surface area contributed by atoms with Crippen molar-refractivity contribution in [2.45, 2.75) is 63.8 Å². The van der Waals surface area contributed by atoms with Crippen molar-refractivity contribution in [2.24, 2.45) is 5.73 Å². The van der Waals surface area contributed by atoms with Crippen LogP contribution in [0.1, 0.15) is 56.7 Å². The molecule has 28 heavy (non-hydrogen) atoms. The number of rotatable bonds is 6. The Bertz CT molecular complexity index is 857. The number of hydrogen-bond acceptors (Lipinski definition) is 5. The third-order valence-electron chi connectivity index (χ3n) is 5.87. The minimum Gasteiger partial charge on any atom is -0.394 e. The molecule has 1 atom stereocenters. The first-order valence-electron chi connectivity index (χ1n) is 9.88. The highest BCUT2D eigenvalue weighted by molar-refractivity contribution is 7.09. The van der Waals surface area contributed by atoms with Gasteiger partial charge in [0.1, 0.15) is 6.04 Å². The number of nitrogens with two attached hydrogens (primary N) is 1. The number of nitrogens with one attached hydrogen (secondary N) is 1. The van der Waals surface area contributed by atoms with Gasteiger partial charge in [-0.3, -0.25) is 4.79 Å². The lowest BCUT2D eigenvalue weighted by molar-refractivity contribution is -0.123. The largest absolute Gasteiger partial charge is 0.394 e. The molecule has 0 unspecified atom stereocenters. The van der Waals surface area contributed by atoms with E-state index < -0.39 is 6.04 Å². The van der Waals surface area contributed by atoms with Gasteiger partial charge in [0.05, 0.1) is 17.3 Å². The Morgan fingerprint density at radius 2 is 1.93 bits per heavy atom. The number of hydrogen-bond donors (Lipinski definition) is 3. The third-order valence-corrected chi connectivity index (χ3v) is 6.78. The van der Waals surface area contributed by atoms with E-state index in [0.29, 0.717) is 13.0 Å². The predicted octanol–water partition coefficient (Wildman–Crippen LogP) is 3.14. The number of aromatic nitrogens is 1. The van der Waals surface area contributed by atoms with Crippen molar-refractivity contribution in [1.82, 2.24) is 10.3 Å². The van der Waals surface area contributed by atoms with Crippen LogP contribution in [-0.2, 0) is 22.0 Å². The minimum absolute atomic E-state index is 0.176. The molecule has 1 aliphatic rings. The van der Waals surface area contributed by atoms with Gasteiger partial charge in [-0.15, -0.1) is 11.3 Å². The Morgan fingerprint density at radius 3 is 2.61 bits per heavy atom. The van der Waals surface area contributed by atoms with E-state index in [-0.39, 0.29) is 23.3 Å². The van der Waals surface area contributed by atoms with Gasteiger partial charge in [0, 0.05) is 23.9 Å². The molecule has 1 aliphatic carbocycles. The summed E-state index contributed by atoms with van der Waals surface area (Å²) in [6.45, 7) is 9.44. The van der Waals surface area contributed by atoms with E-state index in [1.54, 1.807) is 11.3 Å². The molecule has 4 N–H and O–H groups in total. The molecule has 5 nitrogen and oxygen atoms in total. The number of aliphatic hydroxyl groups is 1. The number of fused-ring (bicyclic) bond motifs is 1. The van der Waals surface area contributed by atoms with Crippen LogP contribution in [0.4, 0.5) is 0 Å². The molecule has 0 aliphatic heterocycles. The van der Waals surface area contributed by atoms with E-state index in [0.717, 1.165) is 16.3 Å². The number of carbonyl (C=O) groups is 1. The Kier molecular flexibility index (Phi) is 5.94. The van der Waals surface area contributed by atoms with Crippen molar-refractivity contribution >= 4 is 17.2 Å². The highest BCUT2D eigenvalue weighted by Gasteiger charge is 2.37. The number of aliphatic hydroxyl groups excluding tert-OH is 1. The zero-order chi connectivity index (χ0) is 20.5. The smallest absolute Gasteiger partial charge is 0.239 e. The zero-order valence-corrected chi connectivity index (χ0v) is 18.0. The van der Waals surface area contributed by atoms with Gasteiger partial charge in [0.15, 0.2) is 0 Å². The Hall–Kier alpha value is -1.76. The highest BCUT2D eigenvalue weighted by atomic mass is 32.1. The maximum absolute atomic E-state index is 11.6. The van der Waals surface area contributed by atoms with Crippen LogP contribution in [0.25, 0.3) is 11.3 Å². The van der Waals surface area contributed by atoms with E-state index in [1.807, 2.05) is 0 Å². The van der Waals surface area contributed by atoms with E-state index in [1.165, 1.54) is 24.0 Å². The molecule has 1 aromatic heterocycles. The lowest BCUT2D eigenvalue weighted by atomic mass is 9.63. The fourth-order valence-corrected chi connectivity index (χ4v) is 4.62. The van der Waals surface area contributed by atoms with Crippen LogP contribution in [0.3, 0.4) is 0 Å². The lowest BCUT2D eigenvalue weighted by Crippen LogP contribution is -2.43. The molecule has 0 bridgehead atoms. The van der Waals surface area contributed by atoms with Crippen molar-refractivity contribution in [1.29, 1.82) is 0 Å². The van der Waals surface area contributed by atoms with E-state index in [2.05, 4.69) is 56.6 Å². The number of thiazole rings is 1. The normalized spacial score (nSPS) is 18.4. The summed E-state index contributed by atoms with van der Waals surface area (Å²) in [5, 5.41) is 14.7. The highest BCUT2D eigenvalue weighted by Crippen LogP contribution is 2.46. The molecule has 0 fully saturated rings. The van der Waals surface area contributed by atoms with Gasteiger partial charge in [-0.25, -0.2) is 4.98 Å². The first kappa shape index (κ1) is 21.0. The van der Waals surface area contributed by atoms with Gasteiger partial charge >= 0.3 is 0 Å². The van der Waals surface area contributed by atoms with E-state index in [4.69, 9.17) is 15.8 Å². The monoisotopic (exact) mass is 401 g/mol. The van der Waals surface area contributed by atoms with Crippen LogP contribution in [-0.4, -0.2) is 35.2 Å². The number of carbonyl (C=O) groups excluding carboxylic acids is 1. The Morgan fingerprint density at radius 1 is 1.25 bits per heavy atom. The molecule has 0 saturated heterocycles. The van der Waals surface area contributed by atoms with Crippen molar-refractivity contribution in [2.75, 3.05) is 13.2 Å². The minimum atomic E-state index is -0.866. The van der Waals surface area contributed by atoms with E-state index >= 15 is 0 Å². The second-order valence-corrected chi connectivity index (χ2v) is 9.93. The van der Waals surface area contributed by atoms with Crippen molar-refractivity contribution in [3.8, 4) is 11.3 Å². The Labute approximate surface area is 171 Å². The van der Waals surface area contributed by atoms with Gasteiger partial charge in [-0.1, -0.05) is 39.8 Å². The zero-order valence-electron chi connectivity index (χ0n) is 17.2. The molecule has 2 aromatic rings. The van der Waals surface area contributed by atoms with Crippen LogP contribution in [0.2, 0.25) is 0 Å². The molecule has 3 rings (SSSR count). The van der Waals surface area contributed by atoms with Gasteiger partial charge in [0.25, 0.3) is 0 Å². The van der Waals surface area contributed by atoms with Gasteiger partial charge in [0.2, 0.25) is 5.91 Å². The van der Waals surface area contributed by atoms with Gasteiger partial charge in [-0.05, 0) is 40.9 Å². The van der Waals surface area contributed by atoms with Crippen molar-refractivity contribution in [3.63, 3.8) is 0 Å². The lowest BCUT2D eigenvalue weighted by Gasteiger charge is -2.42. The Balaban J connectivity index is 1.74. The maximum atomic E-state index is 11.6. The second-order valence-electron chi connectivity index (χ2n) is 8.98. The molecule has 1 heterocycles. The van der Waals surface area contributed by atoms with Gasteiger partial charge in [-0.2, -0.15) is 0 Å². The summed E-state index contributed by atoms with van der Waals surface area (Å²) < 4.78 is 0. The van der Waals surface area contributed by atoms with Crippen LogP contribution in [0.5, 0.6) is 0 Å². The van der Waals surface area contributed by atoms with Crippen molar-refractivity contribution in [3.05, 3.63) is 39.7 Å². The van der Waals surface area contributed by atoms with Crippen LogP contribution < -0.4 is 11.1 Å². The summed E-state index contributed by atoms with van der Waals surface area (Å²) in [7, 11) is 0. The van der Waals surface area contributed by atoms with Crippen LogP contribution >= 0.6 is 11.3 Å². The quantitative estimate of drug-likeness (QED) is 0.694. The van der Waals surface area contributed by atoms with Crippen molar-refractivity contribution < 1.29 is 9.90 Å². The molecule has 0 spiro atoms. The summed E-state index contributed by atoms with van der Waals surface area (Å²) in [5.41, 5.74) is 10.9. The average molecular weight is 402 g/mol. The predicted molar refractivity (Wildman–Crippen MR) is 115 cm³/mol. The molecular weight excluding hydrogens is 370 g/mol. The number of benzene rings is 1. The molecule has 1 aromatic carbocycles. The summed E-state index contributed by atoms with van der Waals surface area (Å²) in [6, 6.07) is 5.91. The van der Waals surface area contributed by atoms with Crippen LogP contribution in [0.15, 0.2) is 23.6 Å². The maximum Gasteiger partial charge on any atom is 0.239 e. The fraction of sp³-hybridized carbons (Fsp3) is 0.545. The average Bonchev–Trinajstić information content (AvgIpc) is 3.13. The number of nitrogens with zero attached hydrogens (tertiary/aromatic N) is 1. The van der Waals surface area contributed by atoms with Gasteiger partial charge < -0.3 is 16.2 Å². The molecule has 1 amide bonds. The topological polar surface area (TPSA) is 88.2 Å². The first-order valence-corrected chi connectivity index (χ1v) is 10.8. The summed E-state index contributed by atoms with van der Waals surface area (Å²) in [6.07, 6.45) is 3.05. The van der Waals surface area contributed by atoms with E-state index in [9.17, 15) is 4.79 Å². The van der Waals surface area contributed by atoms with Crippen LogP contribution in [0, 0.1) is 0 Å². The third kappa shape index (κ3) is 4.29. The summed E-state index contributed by atoms with van der Waals surface area (Å²) in [4.78, 5) is 16.4. The summed E-state index contributed by atoms with van der Waals surface area (Å²) >= 11 is 1.60. The first-order chi connectivity index (χ1) is 13.1. The standard InChI is InChI=1S/C22H31N3O2S/c1-21(2)8-9-22(3,4)16-11-14(5-6-15(16)21)18-13-28-19(25-18)7-10-24-20(27)17(23)12-26/h5-6,11,13,17,26H,7-10,12,23H2,1-4H3,(H,24,27)/t17-/m0/s1.